The molecule has 160 valence electrons. The smallest absolute Gasteiger partial charge is 0.272 e. The highest BCUT2D eigenvalue weighted by atomic mass is 19.1. The topological polar surface area (TPSA) is 69.3 Å². The second kappa shape index (κ2) is 7.89. The van der Waals surface area contributed by atoms with Crippen molar-refractivity contribution in [3.05, 3.63) is 75.5 Å². The van der Waals surface area contributed by atoms with Crippen LogP contribution in [0, 0.1) is 17.7 Å². The maximum absolute atomic E-state index is 14.6. The van der Waals surface area contributed by atoms with E-state index in [9.17, 15) is 14.0 Å². The van der Waals surface area contributed by atoms with Crippen LogP contribution in [-0.2, 0) is 6.42 Å². The highest BCUT2D eigenvalue weighted by molar-refractivity contribution is 5.95. The molecule has 2 aliphatic rings. The first-order chi connectivity index (χ1) is 15.0. The minimum atomic E-state index is -0.500. The van der Waals surface area contributed by atoms with Crippen LogP contribution in [-0.4, -0.2) is 58.6 Å². The first-order valence-electron chi connectivity index (χ1n) is 10.8. The average Bonchev–Trinajstić information content (AvgIpc) is 3.36. The van der Waals surface area contributed by atoms with Crippen LogP contribution in [0.15, 0.2) is 47.3 Å². The van der Waals surface area contributed by atoms with Crippen molar-refractivity contribution in [1.29, 1.82) is 0 Å². The van der Waals surface area contributed by atoms with Gasteiger partial charge in [-0.05, 0) is 42.1 Å². The number of aromatic nitrogens is 2. The van der Waals surface area contributed by atoms with E-state index in [2.05, 4.69) is 22.0 Å². The molecule has 1 aromatic heterocycles. The molecule has 0 radical (unpaired) electrons. The Bertz CT molecular complexity index is 1190. The van der Waals surface area contributed by atoms with E-state index in [-0.39, 0.29) is 17.0 Å². The predicted octanol–water partition coefficient (Wildman–Crippen LogP) is 2.68. The summed E-state index contributed by atoms with van der Waals surface area (Å²) in [6, 6.07) is 11.9. The van der Waals surface area contributed by atoms with Gasteiger partial charge >= 0.3 is 0 Å². The number of carbonyl (C=O) groups excluding carboxylic acids is 1. The zero-order chi connectivity index (χ0) is 21.5. The first-order valence-corrected chi connectivity index (χ1v) is 10.8. The lowest BCUT2D eigenvalue weighted by molar-refractivity contribution is 0.0770. The van der Waals surface area contributed by atoms with Gasteiger partial charge < -0.3 is 9.80 Å². The van der Waals surface area contributed by atoms with Crippen molar-refractivity contribution in [2.24, 2.45) is 11.8 Å². The Balaban J connectivity index is 1.39. The number of fused-ring (bicyclic) bond motifs is 2. The average molecular weight is 420 g/mol. The van der Waals surface area contributed by atoms with Crippen LogP contribution in [0.25, 0.3) is 10.8 Å². The third-order valence-electron chi connectivity index (χ3n) is 6.70. The zero-order valence-electron chi connectivity index (χ0n) is 17.5. The minimum absolute atomic E-state index is 0.110. The number of hydrogen-bond donors (Lipinski definition) is 1. The van der Waals surface area contributed by atoms with Crippen LogP contribution in [0.2, 0.25) is 0 Å². The fourth-order valence-corrected chi connectivity index (χ4v) is 5.03. The molecular formula is C24H25FN4O2. The number of likely N-dealkylation sites (tertiary alicyclic amines) is 2. The largest absolute Gasteiger partial charge is 0.338 e. The number of nitrogens with zero attached hydrogens (tertiary/aromatic N) is 3. The van der Waals surface area contributed by atoms with Crippen molar-refractivity contribution in [2.45, 2.75) is 13.3 Å². The van der Waals surface area contributed by atoms with Gasteiger partial charge in [-0.15, -0.1) is 0 Å². The quantitative estimate of drug-likeness (QED) is 0.705. The van der Waals surface area contributed by atoms with E-state index < -0.39 is 5.82 Å². The van der Waals surface area contributed by atoms with Gasteiger partial charge in [-0.1, -0.05) is 31.2 Å². The lowest BCUT2D eigenvalue weighted by atomic mass is 10.0. The molecule has 2 atom stereocenters. The van der Waals surface area contributed by atoms with Crippen molar-refractivity contribution in [3.63, 3.8) is 0 Å². The minimum Gasteiger partial charge on any atom is -0.338 e. The summed E-state index contributed by atoms with van der Waals surface area (Å²) >= 11 is 0. The fraction of sp³-hybridized carbons (Fsp3) is 0.375. The molecule has 2 fully saturated rings. The van der Waals surface area contributed by atoms with Gasteiger partial charge in [0.1, 0.15) is 5.82 Å². The second-order valence-corrected chi connectivity index (χ2v) is 8.62. The van der Waals surface area contributed by atoms with Crippen LogP contribution >= 0.6 is 0 Å². The third kappa shape index (κ3) is 3.63. The molecule has 7 heteroatoms. The van der Waals surface area contributed by atoms with Crippen LogP contribution in [0.3, 0.4) is 0 Å². The predicted molar refractivity (Wildman–Crippen MR) is 117 cm³/mol. The summed E-state index contributed by atoms with van der Waals surface area (Å²) in [6.07, 6.45) is 0.397. The molecule has 5 rings (SSSR count). The summed E-state index contributed by atoms with van der Waals surface area (Å²) in [5.41, 5.74) is 1.34. The molecule has 2 aromatic carbocycles. The Labute approximate surface area is 179 Å². The maximum atomic E-state index is 14.6. The number of carbonyl (C=O) groups is 1. The Morgan fingerprint density at radius 1 is 1.10 bits per heavy atom. The molecule has 0 saturated carbocycles. The Hall–Kier alpha value is -3.06. The SMILES string of the molecule is CCN1CC2CN(C(=O)c3cc(Cc4n[nH]c(=O)c5ccccc45)ccc3F)CC2C1. The molecule has 3 heterocycles. The van der Waals surface area contributed by atoms with E-state index in [0.717, 1.165) is 30.6 Å². The Morgan fingerprint density at radius 3 is 2.52 bits per heavy atom. The highest BCUT2D eigenvalue weighted by Gasteiger charge is 2.41. The van der Waals surface area contributed by atoms with Crippen molar-refractivity contribution in [1.82, 2.24) is 20.0 Å². The number of halogens is 1. The summed E-state index contributed by atoms with van der Waals surface area (Å²) < 4.78 is 14.6. The molecule has 1 N–H and O–H groups in total. The summed E-state index contributed by atoms with van der Waals surface area (Å²) in [4.78, 5) is 29.4. The van der Waals surface area contributed by atoms with Crippen molar-refractivity contribution < 1.29 is 9.18 Å². The molecule has 1 amide bonds. The monoisotopic (exact) mass is 420 g/mol. The van der Waals surface area contributed by atoms with Crippen LogP contribution < -0.4 is 5.56 Å². The first kappa shape index (κ1) is 19.9. The van der Waals surface area contributed by atoms with E-state index in [1.807, 2.05) is 12.1 Å². The van der Waals surface area contributed by atoms with Gasteiger partial charge in [-0.3, -0.25) is 9.59 Å². The highest BCUT2D eigenvalue weighted by Crippen LogP contribution is 2.32. The van der Waals surface area contributed by atoms with E-state index in [0.29, 0.717) is 42.4 Å². The molecule has 2 saturated heterocycles. The van der Waals surface area contributed by atoms with Gasteiger partial charge in [0, 0.05) is 38.0 Å². The molecule has 0 aliphatic carbocycles. The molecule has 3 aromatic rings. The maximum Gasteiger partial charge on any atom is 0.272 e. The molecule has 0 spiro atoms. The van der Waals surface area contributed by atoms with Crippen LogP contribution in [0.4, 0.5) is 4.39 Å². The second-order valence-electron chi connectivity index (χ2n) is 8.62. The lowest BCUT2D eigenvalue weighted by Gasteiger charge is -2.21. The summed E-state index contributed by atoms with van der Waals surface area (Å²) in [5.74, 6) is 0.218. The molecule has 6 nitrogen and oxygen atoms in total. The van der Waals surface area contributed by atoms with Crippen LogP contribution in [0.1, 0.15) is 28.5 Å². The molecule has 0 bridgehead atoms. The molecule has 2 unspecified atom stereocenters. The van der Waals surface area contributed by atoms with Gasteiger partial charge in [0.05, 0.1) is 16.6 Å². The third-order valence-corrected chi connectivity index (χ3v) is 6.70. The Morgan fingerprint density at radius 2 is 1.81 bits per heavy atom. The van der Waals surface area contributed by atoms with Gasteiger partial charge in [0.15, 0.2) is 0 Å². The van der Waals surface area contributed by atoms with E-state index in [1.165, 1.54) is 6.07 Å². The number of hydrogen-bond acceptors (Lipinski definition) is 4. The number of aromatic amines is 1. The summed E-state index contributed by atoms with van der Waals surface area (Å²) in [6.45, 7) is 6.60. The lowest BCUT2D eigenvalue weighted by Crippen LogP contribution is -2.33. The van der Waals surface area contributed by atoms with Crippen molar-refractivity contribution in [3.8, 4) is 0 Å². The Kier molecular flexibility index (Phi) is 5.06. The van der Waals surface area contributed by atoms with E-state index in [1.54, 1.807) is 29.2 Å². The number of H-pyrrole nitrogens is 1. The fourth-order valence-electron chi connectivity index (χ4n) is 5.03. The molecule has 31 heavy (non-hydrogen) atoms. The van der Waals surface area contributed by atoms with Crippen LogP contribution in [0.5, 0.6) is 0 Å². The number of rotatable bonds is 4. The summed E-state index contributed by atoms with van der Waals surface area (Å²) in [7, 11) is 0. The van der Waals surface area contributed by atoms with Gasteiger partial charge in [-0.2, -0.15) is 5.10 Å². The van der Waals surface area contributed by atoms with E-state index in [4.69, 9.17) is 0 Å². The normalized spacial score (nSPS) is 21.0. The molecule has 2 aliphatic heterocycles. The van der Waals surface area contributed by atoms with Gasteiger partial charge in [-0.25, -0.2) is 9.49 Å². The summed E-state index contributed by atoms with van der Waals surface area (Å²) in [5, 5.41) is 8.05. The number of amides is 1. The van der Waals surface area contributed by atoms with E-state index >= 15 is 0 Å². The number of nitrogens with one attached hydrogen (secondary N) is 1. The number of benzene rings is 2. The molecular weight excluding hydrogens is 395 g/mol. The van der Waals surface area contributed by atoms with Gasteiger partial charge in [0.2, 0.25) is 0 Å². The van der Waals surface area contributed by atoms with Crippen molar-refractivity contribution >= 4 is 16.7 Å². The van der Waals surface area contributed by atoms with Crippen molar-refractivity contribution in [2.75, 3.05) is 32.7 Å². The van der Waals surface area contributed by atoms with Gasteiger partial charge in [0.25, 0.3) is 11.5 Å². The standard InChI is InChI=1S/C24H25FN4O2/c1-2-28-11-16-13-29(14-17(16)12-28)24(31)20-9-15(7-8-21(20)25)10-22-18-5-3-4-6-19(18)23(30)27-26-22/h3-9,16-17H,2,10-14H2,1H3,(H,27,30). The zero-order valence-corrected chi connectivity index (χ0v) is 17.5.